The van der Waals surface area contributed by atoms with E-state index < -0.39 is 26.4 Å². The van der Waals surface area contributed by atoms with Crippen LogP contribution in [-0.4, -0.2) is 23.2 Å². The Morgan fingerprint density at radius 2 is 1.21 bits per heavy atom. The van der Waals surface area contributed by atoms with E-state index in [-0.39, 0.29) is 31.8 Å². The zero-order valence-corrected chi connectivity index (χ0v) is 18.1. The van der Waals surface area contributed by atoms with Gasteiger partial charge in [-0.15, -0.1) is 0 Å². The monoisotopic (exact) mass is 492 g/mol. The normalized spacial score (nSPS) is 13.8. The first-order valence-electron chi connectivity index (χ1n) is 7.89. The first kappa shape index (κ1) is 22.0. The van der Waals surface area contributed by atoms with E-state index in [9.17, 15) is 23.2 Å². The second-order valence-electron chi connectivity index (χ2n) is 6.11. The average molecular weight is 494 g/mol. The van der Waals surface area contributed by atoms with Gasteiger partial charge in [-0.05, 0) is 35.9 Å². The molecule has 0 aliphatic heterocycles. The van der Waals surface area contributed by atoms with E-state index in [1.807, 2.05) is 0 Å². The van der Waals surface area contributed by atoms with E-state index in [0.717, 1.165) is 12.1 Å². The smallest absolute Gasteiger partial charge is 0.283 e. The van der Waals surface area contributed by atoms with E-state index in [0.29, 0.717) is 5.02 Å². The van der Waals surface area contributed by atoms with Gasteiger partial charge in [0.1, 0.15) is 0 Å². The SMILES string of the molecule is O=S(=O)(O)C(c1ccc(Cl)cc1)(c1ccc(Cl)cc1Cl)c1cc(O)c(O)cc1Cl. The van der Waals surface area contributed by atoms with E-state index in [4.69, 9.17) is 46.4 Å². The van der Waals surface area contributed by atoms with Gasteiger partial charge < -0.3 is 10.2 Å². The van der Waals surface area contributed by atoms with Crippen LogP contribution < -0.4 is 0 Å². The van der Waals surface area contributed by atoms with Crippen molar-refractivity contribution in [1.29, 1.82) is 0 Å². The first-order chi connectivity index (χ1) is 13.5. The molecule has 29 heavy (non-hydrogen) atoms. The summed E-state index contributed by atoms with van der Waals surface area (Å²) in [6.07, 6.45) is 0. The van der Waals surface area contributed by atoms with Crippen molar-refractivity contribution in [1.82, 2.24) is 0 Å². The third kappa shape index (κ3) is 3.77. The van der Waals surface area contributed by atoms with Crippen LogP contribution in [0.15, 0.2) is 54.6 Å². The summed E-state index contributed by atoms with van der Waals surface area (Å²) in [5, 5.41) is 20.0. The van der Waals surface area contributed by atoms with Crippen molar-refractivity contribution in [2.75, 3.05) is 0 Å². The summed E-state index contributed by atoms with van der Waals surface area (Å²) in [6.45, 7) is 0. The minimum Gasteiger partial charge on any atom is -0.504 e. The fourth-order valence-corrected chi connectivity index (χ4v) is 5.59. The average Bonchev–Trinajstić information content (AvgIpc) is 2.61. The molecule has 0 bridgehead atoms. The molecule has 0 aliphatic rings. The summed E-state index contributed by atoms with van der Waals surface area (Å²) in [5.41, 5.74) is -0.260. The number of phenolic OH excluding ortho intramolecular Hbond substituents is 2. The van der Waals surface area contributed by atoms with Crippen LogP contribution in [0, 0.1) is 0 Å². The summed E-state index contributed by atoms with van der Waals surface area (Å²) in [5.74, 6) is -1.21. The van der Waals surface area contributed by atoms with E-state index in [1.54, 1.807) is 0 Å². The highest BCUT2D eigenvalue weighted by molar-refractivity contribution is 7.87. The zero-order chi connectivity index (χ0) is 21.6. The minimum absolute atomic E-state index is 0.0422. The molecule has 152 valence electrons. The highest BCUT2D eigenvalue weighted by Crippen LogP contribution is 2.50. The maximum atomic E-state index is 13.0. The zero-order valence-electron chi connectivity index (χ0n) is 14.3. The van der Waals surface area contributed by atoms with Crippen LogP contribution in [0.2, 0.25) is 20.1 Å². The maximum absolute atomic E-state index is 13.0. The molecule has 0 spiro atoms. The number of hydrogen-bond acceptors (Lipinski definition) is 4. The van der Waals surface area contributed by atoms with Crippen molar-refractivity contribution in [2.24, 2.45) is 0 Å². The molecule has 0 heterocycles. The van der Waals surface area contributed by atoms with Crippen molar-refractivity contribution in [3.05, 3.63) is 91.4 Å². The molecule has 10 heteroatoms. The molecule has 0 saturated heterocycles. The van der Waals surface area contributed by atoms with E-state index in [2.05, 4.69) is 0 Å². The molecule has 1 unspecified atom stereocenters. The van der Waals surface area contributed by atoms with Crippen LogP contribution in [-0.2, 0) is 14.9 Å². The van der Waals surface area contributed by atoms with Gasteiger partial charge in [-0.1, -0.05) is 64.6 Å². The predicted molar refractivity (Wildman–Crippen MR) is 114 cm³/mol. The molecule has 3 rings (SSSR count). The summed E-state index contributed by atoms with van der Waals surface area (Å²) in [4.78, 5) is 0. The Morgan fingerprint density at radius 1 is 0.690 bits per heavy atom. The standard InChI is InChI=1S/C19H12Cl4O5S/c20-11-3-1-10(2-4-11)19(29(26,27)28,13-6-5-12(21)7-15(13)22)14-8-17(24)18(25)9-16(14)23/h1-9,24-25H,(H,26,27,28). The van der Waals surface area contributed by atoms with Gasteiger partial charge in [-0.25, -0.2) is 0 Å². The third-order valence-corrected chi connectivity index (χ3v) is 6.95. The third-order valence-electron chi connectivity index (χ3n) is 4.39. The minimum atomic E-state index is -5.03. The molecule has 0 aromatic heterocycles. The number of rotatable bonds is 4. The Hall–Kier alpha value is -1.67. The van der Waals surface area contributed by atoms with Gasteiger partial charge in [-0.2, -0.15) is 8.42 Å². The molecule has 0 radical (unpaired) electrons. The maximum Gasteiger partial charge on any atom is 0.283 e. The topological polar surface area (TPSA) is 94.8 Å². The van der Waals surface area contributed by atoms with Crippen molar-refractivity contribution >= 4 is 56.5 Å². The molecule has 0 amide bonds. The highest BCUT2D eigenvalue weighted by Gasteiger charge is 2.51. The Morgan fingerprint density at radius 3 is 1.76 bits per heavy atom. The van der Waals surface area contributed by atoms with Crippen LogP contribution in [0.25, 0.3) is 0 Å². The molecule has 0 saturated carbocycles. The first-order valence-corrected chi connectivity index (χ1v) is 10.8. The number of hydrogen-bond donors (Lipinski definition) is 3. The van der Waals surface area contributed by atoms with Gasteiger partial charge in [0, 0.05) is 32.3 Å². The molecular formula is C19H12Cl4O5S. The van der Waals surface area contributed by atoms with Gasteiger partial charge in [0.25, 0.3) is 10.1 Å². The summed E-state index contributed by atoms with van der Waals surface area (Å²) < 4.78 is 34.0. The van der Waals surface area contributed by atoms with Gasteiger partial charge in [0.15, 0.2) is 16.2 Å². The predicted octanol–water partition coefficient (Wildman–Crippen LogP) is 5.89. The lowest BCUT2D eigenvalue weighted by Gasteiger charge is -2.34. The summed E-state index contributed by atoms with van der Waals surface area (Å²) >= 11 is 24.5. The fourth-order valence-electron chi connectivity index (χ4n) is 3.16. The van der Waals surface area contributed by atoms with Crippen LogP contribution in [0.4, 0.5) is 0 Å². The van der Waals surface area contributed by atoms with Crippen molar-refractivity contribution in [2.45, 2.75) is 4.75 Å². The van der Waals surface area contributed by atoms with Crippen LogP contribution in [0.1, 0.15) is 16.7 Å². The van der Waals surface area contributed by atoms with Crippen LogP contribution in [0.5, 0.6) is 11.5 Å². The molecule has 5 nitrogen and oxygen atoms in total. The van der Waals surface area contributed by atoms with Crippen LogP contribution >= 0.6 is 46.4 Å². The molecule has 1 atom stereocenters. The summed E-state index contributed by atoms with van der Waals surface area (Å²) in [7, 11) is -5.03. The van der Waals surface area contributed by atoms with Gasteiger partial charge in [-0.3, -0.25) is 4.55 Å². The van der Waals surface area contributed by atoms with E-state index in [1.165, 1.54) is 42.5 Å². The highest BCUT2D eigenvalue weighted by atomic mass is 35.5. The Kier molecular flexibility index (Phi) is 5.98. The number of phenols is 2. The van der Waals surface area contributed by atoms with E-state index >= 15 is 0 Å². The largest absolute Gasteiger partial charge is 0.504 e. The molecule has 3 aromatic carbocycles. The van der Waals surface area contributed by atoms with Crippen molar-refractivity contribution in [3.8, 4) is 11.5 Å². The molecule has 0 fully saturated rings. The second kappa shape index (κ2) is 7.87. The molecule has 3 N–H and O–H groups in total. The Balaban J connectivity index is 2.58. The summed E-state index contributed by atoms with van der Waals surface area (Å²) in [6, 6.07) is 11.5. The molecule has 0 aliphatic carbocycles. The Bertz CT molecular complexity index is 1200. The lowest BCUT2D eigenvalue weighted by molar-refractivity contribution is 0.402. The molecule has 3 aromatic rings. The number of aromatic hydroxyl groups is 2. The number of benzene rings is 3. The van der Waals surface area contributed by atoms with Crippen molar-refractivity contribution < 1.29 is 23.2 Å². The fraction of sp³-hybridized carbons (Fsp3) is 0.0526. The number of halogens is 4. The molecular weight excluding hydrogens is 482 g/mol. The second-order valence-corrected chi connectivity index (χ2v) is 9.36. The lowest BCUT2D eigenvalue weighted by Crippen LogP contribution is -2.38. The van der Waals surface area contributed by atoms with Gasteiger partial charge in [0.2, 0.25) is 0 Å². The lowest BCUT2D eigenvalue weighted by atomic mass is 9.83. The van der Waals surface area contributed by atoms with Gasteiger partial charge in [0.05, 0.1) is 5.02 Å². The quantitative estimate of drug-likeness (QED) is 0.239. The van der Waals surface area contributed by atoms with Crippen molar-refractivity contribution in [3.63, 3.8) is 0 Å². The van der Waals surface area contributed by atoms with Gasteiger partial charge >= 0.3 is 0 Å². The van der Waals surface area contributed by atoms with Crippen LogP contribution in [0.3, 0.4) is 0 Å². The Labute approximate surface area is 186 Å².